The van der Waals surface area contributed by atoms with Gasteiger partial charge in [-0.05, 0) is 25.1 Å². The Balaban J connectivity index is 2.13. The van der Waals surface area contributed by atoms with Crippen LogP contribution in [0.2, 0.25) is 0 Å². The van der Waals surface area contributed by atoms with Crippen LogP contribution in [0.15, 0.2) is 24.4 Å². The van der Waals surface area contributed by atoms with Crippen LogP contribution in [0.3, 0.4) is 0 Å². The Kier molecular flexibility index (Phi) is 8.14. The van der Waals surface area contributed by atoms with Gasteiger partial charge in [0.2, 0.25) is 0 Å². The Morgan fingerprint density at radius 2 is 1.88 bits per heavy atom. The van der Waals surface area contributed by atoms with E-state index in [0.29, 0.717) is 11.8 Å². The summed E-state index contributed by atoms with van der Waals surface area (Å²) in [6.45, 7) is 3.73. The monoisotopic (exact) mass is 275 g/mol. The molecule has 1 heterocycles. The summed E-state index contributed by atoms with van der Waals surface area (Å²) < 4.78 is 0. The molecule has 0 saturated carbocycles. The minimum Gasteiger partial charge on any atom is -0.370 e. The fourth-order valence-electron chi connectivity index (χ4n) is 1.56. The fraction of sp³-hybridized carbons (Fsp3) is 0.583. The van der Waals surface area contributed by atoms with Crippen LogP contribution in [0.1, 0.15) is 6.42 Å². The van der Waals surface area contributed by atoms with Gasteiger partial charge < -0.3 is 10.2 Å². The lowest BCUT2D eigenvalue weighted by atomic mass is 10.3. The summed E-state index contributed by atoms with van der Waals surface area (Å²) in [4.78, 5) is 6.48. The van der Waals surface area contributed by atoms with E-state index < -0.39 is 0 Å². The Labute approximate surface area is 113 Å². The number of anilines is 1. The molecule has 1 N–H and O–H groups in total. The smallest absolute Gasteiger partial charge is 0.125 e. The first-order chi connectivity index (χ1) is 8.36. The van der Waals surface area contributed by atoms with E-state index >= 15 is 0 Å². The Morgan fingerprint density at radius 3 is 2.47 bits per heavy atom. The number of halogens is 2. The second-order valence-corrected chi connectivity index (χ2v) is 4.47. The minimum absolute atomic E-state index is 0.657. The molecule has 0 aliphatic rings. The molecule has 0 spiro atoms. The number of nitrogens with one attached hydrogen (secondary N) is 1. The van der Waals surface area contributed by atoms with Crippen LogP contribution >= 0.6 is 23.2 Å². The first kappa shape index (κ1) is 14.6. The van der Waals surface area contributed by atoms with E-state index in [0.717, 1.165) is 38.4 Å². The SMILES string of the molecule is ClCCN(CCCl)CCCNc1ccccn1. The topological polar surface area (TPSA) is 28.2 Å². The van der Waals surface area contributed by atoms with Crippen LogP contribution in [0.4, 0.5) is 5.82 Å². The predicted molar refractivity (Wildman–Crippen MR) is 75.2 cm³/mol. The van der Waals surface area contributed by atoms with Gasteiger partial charge in [0.05, 0.1) is 0 Å². The van der Waals surface area contributed by atoms with Crippen molar-refractivity contribution in [2.24, 2.45) is 0 Å². The molecule has 0 saturated heterocycles. The highest BCUT2D eigenvalue weighted by atomic mass is 35.5. The average Bonchev–Trinajstić information content (AvgIpc) is 2.36. The normalized spacial score (nSPS) is 10.8. The van der Waals surface area contributed by atoms with E-state index in [1.54, 1.807) is 6.20 Å². The minimum atomic E-state index is 0.657. The Morgan fingerprint density at radius 1 is 1.12 bits per heavy atom. The van der Waals surface area contributed by atoms with Crippen molar-refractivity contribution in [3.8, 4) is 0 Å². The number of nitrogens with zero attached hydrogens (tertiary/aromatic N) is 2. The van der Waals surface area contributed by atoms with E-state index in [1.165, 1.54) is 0 Å². The van der Waals surface area contributed by atoms with E-state index in [4.69, 9.17) is 23.2 Å². The highest BCUT2D eigenvalue weighted by Gasteiger charge is 2.02. The van der Waals surface area contributed by atoms with Crippen molar-refractivity contribution in [2.75, 3.05) is 43.3 Å². The van der Waals surface area contributed by atoms with E-state index in [1.807, 2.05) is 18.2 Å². The quantitative estimate of drug-likeness (QED) is 0.555. The zero-order valence-corrected chi connectivity index (χ0v) is 11.4. The van der Waals surface area contributed by atoms with Crippen molar-refractivity contribution in [2.45, 2.75) is 6.42 Å². The molecule has 0 aliphatic heterocycles. The van der Waals surface area contributed by atoms with Crippen LogP contribution in [0.5, 0.6) is 0 Å². The van der Waals surface area contributed by atoms with Crippen molar-refractivity contribution in [1.82, 2.24) is 9.88 Å². The second-order valence-electron chi connectivity index (χ2n) is 3.71. The third-order valence-corrected chi connectivity index (χ3v) is 2.76. The molecule has 96 valence electrons. The molecule has 17 heavy (non-hydrogen) atoms. The molecular formula is C12H19Cl2N3. The molecule has 0 atom stereocenters. The van der Waals surface area contributed by atoms with Crippen molar-refractivity contribution >= 4 is 29.0 Å². The molecule has 0 radical (unpaired) electrons. The maximum atomic E-state index is 5.73. The van der Waals surface area contributed by atoms with Gasteiger partial charge >= 0.3 is 0 Å². The molecule has 1 aromatic heterocycles. The first-order valence-corrected chi connectivity index (χ1v) is 6.93. The summed E-state index contributed by atoms with van der Waals surface area (Å²) in [5.41, 5.74) is 0. The summed E-state index contributed by atoms with van der Waals surface area (Å²) in [5.74, 6) is 2.24. The maximum absolute atomic E-state index is 5.73. The van der Waals surface area contributed by atoms with Gasteiger partial charge in [0.1, 0.15) is 5.82 Å². The molecular weight excluding hydrogens is 257 g/mol. The summed E-state index contributed by atoms with van der Waals surface area (Å²) >= 11 is 11.5. The summed E-state index contributed by atoms with van der Waals surface area (Å²) in [6.07, 6.45) is 2.85. The van der Waals surface area contributed by atoms with Gasteiger partial charge in [-0.25, -0.2) is 4.98 Å². The third-order valence-electron chi connectivity index (χ3n) is 2.42. The van der Waals surface area contributed by atoms with Gasteiger partial charge in [-0.3, -0.25) is 0 Å². The van der Waals surface area contributed by atoms with Crippen molar-refractivity contribution in [3.05, 3.63) is 24.4 Å². The van der Waals surface area contributed by atoms with Crippen molar-refractivity contribution in [3.63, 3.8) is 0 Å². The molecule has 0 aliphatic carbocycles. The van der Waals surface area contributed by atoms with Gasteiger partial charge in [0.25, 0.3) is 0 Å². The molecule has 5 heteroatoms. The van der Waals surface area contributed by atoms with Gasteiger partial charge in [0, 0.05) is 37.6 Å². The van der Waals surface area contributed by atoms with Gasteiger partial charge in [-0.2, -0.15) is 0 Å². The van der Waals surface area contributed by atoms with Crippen LogP contribution in [-0.4, -0.2) is 47.8 Å². The summed E-state index contributed by atoms with van der Waals surface area (Å²) in [7, 11) is 0. The van der Waals surface area contributed by atoms with Crippen LogP contribution in [0, 0.1) is 0 Å². The van der Waals surface area contributed by atoms with Crippen molar-refractivity contribution < 1.29 is 0 Å². The zero-order valence-electron chi connectivity index (χ0n) is 9.91. The number of hydrogen-bond donors (Lipinski definition) is 1. The molecule has 3 nitrogen and oxygen atoms in total. The lowest BCUT2D eigenvalue weighted by molar-refractivity contribution is 0.306. The number of aromatic nitrogens is 1. The Bertz CT molecular complexity index is 276. The molecule has 0 aromatic carbocycles. The van der Waals surface area contributed by atoms with Gasteiger partial charge in [0.15, 0.2) is 0 Å². The highest BCUT2D eigenvalue weighted by Crippen LogP contribution is 2.00. The third kappa shape index (κ3) is 6.71. The zero-order chi connectivity index (χ0) is 12.3. The Hall–Kier alpha value is -0.510. The second kappa shape index (κ2) is 9.51. The van der Waals surface area contributed by atoms with Crippen LogP contribution in [-0.2, 0) is 0 Å². The van der Waals surface area contributed by atoms with Gasteiger partial charge in [-0.1, -0.05) is 6.07 Å². The summed E-state index contributed by atoms with van der Waals surface area (Å²) in [5, 5.41) is 3.28. The molecule has 0 amide bonds. The summed E-state index contributed by atoms with van der Waals surface area (Å²) in [6, 6.07) is 5.85. The standard InChI is InChI=1S/C12H19Cl2N3/c13-5-10-17(11-6-14)9-3-8-16-12-4-1-2-7-15-12/h1-2,4,7H,3,5-6,8-11H2,(H,15,16). The van der Waals surface area contributed by atoms with Crippen molar-refractivity contribution in [1.29, 1.82) is 0 Å². The molecule has 0 fully saturated rings. The van der Waals surface area contributed by atoms with E-state index in [9.17, 15) is 0 Å². The first-order valence-electron chi connectivity index (χ1n) is 5.86. The molecule has 0 unspecified atom stereocenters. The predicted octanol–water partition coefficient (Wildman–Crippen LogP) is 2.66. The van der Waals surface area contributed by atoms with Gasteiger partial charge in [-0.15, -0.1) is 23.2 Å². The number of rotatable bonds is 9. The van der Waals surface area contributed by atoms with E-state index in [2.05, 4.69) is 15.2 Å². The highest BCUT2D eigenvalue weighted by molar-refractivity contribution is 6.18. The molecule has 0 bridgehead atoms. The lowest BCUT2D eigenvalue weighted by Crippen LogP contribution is -2.30. The largest absolute Gasteiger partial charge is 0.370 e. The number of alkyl halides is 2. The average molecular weight is 276 g/mol. The number of pyridine rings is 1. The molecule has 1 rings (SSSR count). The van der Waals surface area contributed by atoms with Crippen LogP contribution < -0.4 is 5.32 Å². The van der Waals surface area contributed by atoms with E-state index in [-0.39, 0.29) is 0 Å². The maximum Gasteiger partial charge on any atom is 0.125 e. The molecule has 1 aromatic rings. The lowest BCUT2D eigenvalue weighted by Gasteiger charge is -2.19. The fourth-order valence-corrected chi connectivity index (χ4v) is 2.04. The number of hydrogen-bond acceptors (Lipinski definition) is 3. The van der Waals surface area contributed by atoms with Crippen LogP contribution in [0.25, 0.3) is 0 Å².